The van der Waals surface area contributed by atoms with Crippen molar-refractivity contribution in [1.82, 2.24) is 29.5 Å². The number of aromatic nitrogens is 4. The number of benzene rings is 1. The lowest BCUT2D eigenvalue weighted by Crippen LogP contribution is -2.49. The standard InChI is InChI=1S/C19H21ClN6O/c1-13-16(12-26(23-13)15-5-3-14(20)4-6-15)19(27)25-10-7-21-11-17(25)18-22-8-9-24(18)2/h3-6,8-9,12,17,21H,7,10-11H2,1-2H3. The molecule has 3 heterocycles. The zero-order chi connectivity index (χ0) is 19.0. The maximum Gasteiger partial charge on any atom is 0.258 e. The summed E-state index contributed by atoms with van der Waals surface area (Å²) in [5, 5.41) is 8.54. The highest BCUT2D eigenvalue weighted by Crippen LogP contribution is 2.24. The Morgan fingerprint density at radius 1 is 1.30 bits per heavy atom. The highest BCUT2D eigenvalue weighted by atomic mass is 35.5. The minimum atomic E-state index is -0.107. The third-order valence-electron chi connectivity index (χ3n) is 4.88. The Morgan fingerprint density at radius 3 is 2.78 bits per heavy atom. The van der Waals surface area contributed by atoms with Crippen LogP contribution >= 0.6 is 11.6 Å². The molecule has 27 heavy (non-hydrogen) atoms. The molecule has 0 radical (unpaired) electrons. The van der Waals surface area contributed by atoms with Gasteiger partial charge in [-0.3, -0.25) is 4.79 Å². The van der Waals surface area contributed by atoms with Gasteiger partial charge < -0.3 is 14.8 Å². The van der Waals surface area contributed by atoms with Crippen molar-refractivity contribution in [3.05, 3.63) is 65.0 Å². The number of piperazine rings is 1. The van der Waals surface area contributed by atoms with Gasteiger partial charge >= 0.3 is 0 Å². The number of nitrogens with one attached hydrogen (secondary N) is 1. The van der Waals surface area contributed by atoms with Crippen molar-refractivity contribution in [2.75, 3.05) is 19.6 Å². The fourth-order valence-corrected chi connectivity index (χ4v) is 3.55. The molecule has 0 spiro atoms. The van der Waals surface area contributed by atoms with Crippen LogP contribution in [0.5, 0.6) is 0 Å². The summed E-state index contributed by atoms with van der Waals surface area (Å²) in [4.78, 5) is 19.7. The number of carbonyl (C=O) groups is 1. The molecule has 8 heteroatoms. The quantitative estimate of drug-likeness (QED) is 0.752. The number of imidazole rings is 1. The minimum absolute atomic E-state index is 0.0257. The van der Waals surface area contributed by atoms with Gasteiger partial charge in [-0.25, -0.2) is 9.67 Å². The molecule has 1 amide bonds. The van der Waals surface area contributed by atoms with Gasteiger partial charge in [-0.05, 0) is 31.2 Å². The Labute approximate surface area is 162 Å². The van der Waals surface area contributed by atoms with Gasteiger partial charge in [-0.2, -0.15) is 5.10 Å². The molecule has 1 aliphatic heterocycles. The number of hydrogen-bond donors (Lipinski definition) is 1. The summed E-state index contributed by atoms with van der Waals surface area (Å²) < 4.78 is 3.68. The second-order valence-corrected chi connectivity index (χ2v) is 7.10. The molecule has 4 rings (SSSR count). The molecule has 1 fully saturated rings. The largest absolute Gasteiger partial charge is 0.336 e. The molecule has 140 valence electrons. The first-order chi connectivity index (χ1) is 13.0. The predicted molar refractivity (Wildman–Crippen MR) is 103 cm³/mol. The number of hydrogen-bond acceptors (Lipinski definition) is 4. The third kappa shape index (κ3) is 3.36. The molecule has 1 aromatic carbocycles. The Kier molecular flexibility index (Phi) is 4.72. The molecule has 0 bridgehead atoms. The van der Waals surface area contributed by atoms with Gasteiger partial charge in [0.25, 0.3) is 5.91 Å². The summed E-state index contributed by atoms with van der Waals surface area (Å²) in [6, 6.07) is 7.27. The van der Waals surface area contributed by atoms with Crippen molar-refractivity contribution in [3.63, 3.8) is 0 Å². The lowest BCUT2D eigenvalue weighted by molar-refractivity contribution is 0.0620. The van der Waals surface area contributed by atoms with E-state index in [1.165, 1.54) is 0 Å². The highest BCUT2D eigenvalue weighted by molar-refractivity contribution is 6.30. The summed E-state index contributed by atoms with van der Waals surface area (Å²) in [6.45, 7) is 3.93. The van der Waals surface area contributed by atoms with Crippen molar-refractivity contribution in [1.29, 1.82) is 0 Å². The van der Waals surface area contributed by atoms with Crippen molar-refractivity contribution < 1.29 is 4.79 Å². The van der Waals surface area contributed by atoms with Crippen LogP contribution in [-0.2, 0) is 7.05 Å². The van der Waals surface area contributed by atoms with Crippen LogP contribution < -0.4 is 5.32 Å². The molecule has 7 nitrogen and oxygen atoms in total. The monoisotopic (exact) mass is 384 g/mol. The van der Waals surface area contributed by atoms with Crippen molar-refractivity contribution in [2.24, 2.45) is 7.05 Å². The van der Waals surface area contributed by atoms with Crippen LogP contribution in [0.25, 0.3) is 5.69 Å². The average molecular weight is 385 g/mol. The molecule has 3 aromatic rings. The lowest BCUT2D eigenvalue weighted by atomic mass is 10.1. The zero-order valence-electron chi connectivity index (χ0n) is 15.3. The lowest BCUT2D eigenvalue weighted by Gasteiger charge is -2.35. The summed E-state index contributed by atoms with van der Waals surface area (Å²) in [5.74, 6) is 0.848. The first kappa shape index (κ1) is 17.8. The van der Waals surface area contributed by atoms with Gasteiger partial charge in [0.1, 0.15) is 11.9 Å². The average Bonchev–Trinajstić information content (AvgIpc) is 3.27. The number of carbonyl (C=O) groups excluding carboxylic acids is 1. The van der Waals surface area contributed by atoms with E-state index in [1.54, 1.807) is 17.1 Å². The Morgan fingerprint density at radius 2 is 2.07 bits per heavy atom. The number of aryl methyl sites for hydroxylation is 2. The Hall–Kier alpha value is -2.64. The fraction of sp³-hybridized carbons (Fsp3) is 0.316. The van der Waals surface area contributed by atoms with E-state index in [2.05, 4.69) is 15.4 Å². The van der Waals surface area contributed by atoms with Crippen molar-refractivity contribution >= 4 is 17.5 Å². The summed E-state index contributed by atoms with van der Waals surface area (Å²) in [7, 11) is 1.95. The van der Waals surface area contributed by atoms with E-state index in [-0.39, 0.29) is 11.9 Å². The molecular weight excluding hydrogens is 364 g/mol. The van der Waals surface area contributed by atoms with Gasteiger partial charge in [0.15, 0.2) is 0 Å². The van der Waals surface area contributed by atoms with E-state index in [0.29, 0.717) is 29.4 Å². The van der Waals surface area contributed by atoms with Gasteiger partial charge in [0.2, 0.25) is 0 Å². The summed E-state index contributed by atoms with van der Waals surface area (Å²) in [5.41, 5.74) is 2.17. The van der Waals surface area contributed by atoms with Gasteiger partial charge in [-0.1, -0.05) is 11.6 Å². The Bertz CT molecular complexity index is 961. The molecule has 1 N–H and O–H groups in total. The van der Waals surface area contributed by atoms with Crippen LogP contribution in [0.4, 0.5) is 0 Å². The van der Waals surface area contributed by atoms with E-state index < -0.39 is 0 Å². The second-order valence-electron chi connectivity index (χ2n) is 6.66. The molecule has 1 aliphatic rings. The van der Waals surface area contributed by atoms with E-state index in [4.69, 9.17) is 11.6 Å². The minimum Gasteiger partial charge on any atom is -0.336 e. The maximum atomic E-state index is 13.3. The van der Waals surface area contributed by atoms with Crippen LogP contribution in [0.1, 0.15) is 27.9 Å². The van der Waals surface area contributed by atoms with Crippen LogP contribution in [0, 0.1) is 6.92 Å². The molecular formula is C19H21ClN6O. The first-order valence-electron chi connectivity index (χ1n) is 8.85. The molecule has 1 atom stereocenters. The topological polar surface area (TPSA) is 68.0 Å². The van der Waals surface area contributed by atoms with Crippen LogP contribution in [0.15, 0.2) is 42.9 Å². The molecule has 0 saturated carbocycles. The Balaban J connectivity index is 1.65. The number of nitrogens with zero attached hydrogens (tertiary/aromatic N) is 5. The highest BCUT2D eigenvalue weighted by Gasteiger charge is 2.32. The van der Waals surface area contributed by atoms with E-state index in [1.807, 2.05) is 53.9 Å². The van der Waals surface area contributed by atoms with E-state index >= 15 is 0 Å². The maximum absolute atomic E-state index is 13.3. The number of rotatable bonds is 3. The van der Waals surface area contributed by atoms with E-state index in [0.717, 1.165) is 18.1 Å². The molecule has 1 unspecified atom stereocenters. The second kappa shape index (κ2) is 7.17. The van der Waals surface area contributed by atoms with Crippen molar-refractivity contribution in [2.45, 2.75) is 13.0 Å². The molecule has 2 aromatic heterocycles. The van der Waals surface area contributed by atoms with Crippen LogP contribution in [-0.4, -0.2) is 49.8 Å². The third-order valence-corrected chi connectivity index (χ3v) is 5.13. The van der Waals surface area contributed by atoms with Gasteiger partial charge in [0.05, 0.1) is 16.9 Å². The summed E-state index contributed by atoms with van der Waals surface area (Å²) in [6.07, 6.45) is 5.45. The number of amides is 1. The normalized spacial score (nSPS) is 17.3. The molecule has 0 aliphatic carbocycles. The van der Waals surface area contributed by atoms with Crippen molar-refractivity contribution in [3.8, 4) is 5.69 Å². The number of halogens is 1. The zero-order valence-corrected chi connectivity index (χ0v) is 16.0. The smallest absolute Gasteiger partial charge is 0.258 e. The fourth-order valence-electron chi connectivity index (χ4n) is 3.43. The molecule has 1 saturated heterocycles. The van der Waals surface area contributed by atoms with E-state index in [9.17, 15) is 4.79 Å². The van der Waals surface area contributed by atoms with Gasteiger partial charge in [-0.15, -0.1) is 0 Å². The van der Waals surface area contributed by atoms with Crippen LogP contribution in [0.3, 0.4) is 0 Å². The first-order valence-corrected chi connectivity index (χ1v) is 9.23. The summed E-state index contributed by atoms with van der Waals surface area (Å²) >= 11 is 5.96. The predicted octanol–water partition coefficient (Wildman–Crippen LogP) is 2.35. The SMILES string of the molecule is Cc1nn(-c2ccc(Cl)cc2)cc1C(=O)N1CCNCC1c1nccn1C. The van der Waals surface area contributed by atoms with Gasteiger partial charge in [0, 0.05) is 50.3 Å². The van der Waals surface area contributed by atoms with Crippen LogP contribution in [0.2, 0.25) is 5.02 Å².